The molecule has 0 aromatic carbocycles. The van der Waals surface area contributed by atoms with Gasteiger partial charge in [-0.15, -0.1) is 0 Å². The third-order valence-electron chi connectivity index (χ3n) is 1.34. The molecular weight excluding hydrogens is 156 g/mol. The molecule has 0 aromatic rings. The molecule has 0 heterocycles. The van der Waals surface area contributed by atoms with Crippen LogP contribution in [0.5, 0.6) is 0 Å². The lowest BCUT2D eigenvalue weighted by atomic mass is 10.2. The Morgan fingerprint density at radius 3 is 2.92 bits per heavy atom. The zero-order valence-electron chi connectivity index (χ0n) is 7.45. The van der Waals surface area contributed by atoms with Gasteiger partial charge >= 0.3 is 5.97 Å². The quantitative estimate of drug-likeness (QED) is 0.373. The van der Waals surface area contributed by atoms with E-state index in [4.69, 9.17) is 5.11 Å². The smallest absolute Gasteiger partial charge is 0.305 e. The predicted molar refractivity (Wildman–Crippen MR) is 46.7 cm³/mol. The maximum absolute atomic E-state index is 10.8. The van der Waals surface area contributed by atoms with E-state index in [1.54, 1.807) is 0 Å². The van der Waals surface area contributed by atoms with Crippen molar-refractivity contribution in [1.29, 1.82) is 0 Å². The molecule has 0 atom stereocenters. The Morgan fingerprint density at radius 1 is 1.58 bits per heavy atom. The van der Waals surface area contributed by atoms with Gasteiger partial charge in [0, 0.05) is 6.42 Å². The van der Waals surface area contributed by atoms with Crippen LogP contribution in [-0.2, 0) is 9.53 Å². The first-order chi connectivity index (χ1) is 5.81. The van der Waals surface area contributed by atoms with Gasteiger partial charge in [-0.3, -0.25) is 4.79 Å². The highest BCUT2D eigenvalue weighted by molar-refractivity contribution is 5.69. The summed E-state index contributed by atoms with van der Waals surface area (Å²) in [5, 5.41) is 8.34. The predicted octanol–water partition coefficient (Wildman–Crippen LogP) is 1.27. The lowest BCUT2D eigenvalue weighted by Gasteiger charge is -2.00. The van der Waals surface area contributed by atoms with Gasteiger partial charge in [-0.2, -0.15) is 0 Å². The van der Waals surface area contributed by atoms with Crippen molar-refractivity contribution in [2.45, 2.75) is 26.2 Å². The number of ether oxygens (including phenoxy) is 1. The molecule has 1 N–H and O–H groups in total. The molecule has 0 aliphatic rings. The van der Waals surface area contributed by atoms with Crippen LogP contribution in [0.2, 0.25) is 0 Å². The van der Waals surface area contributed by atoms with E-state index < -0.39 is 0 Å². The van der Waals surface area contributed by atoms with Crippen molar-refractivity contribution in [1.82, 2.24) is 0 Å². The van der Waals surface area contributed by atoms with Crippen LogP contribution in [0, 0.1) is 0 Å². The lowest BCUT2D eigenvalue weighted by Crippen LogP contribution is -2.07. The average Bonchev–Trinajstić information content (AvgIpc) is 2.09. The molecule has 70 valence electrons. The minimum atomic E-state index is -0.228. The van der Waals surface area contributed by atoms with Crippen LogP contribution in [0.4, 0.5) is 0 Å². The van der Waals surface area contributed by atoms with E-state index in [9.17, 15) is 4.79 Å². The van der Waals surface area contributed by atoms with E-state index in [2.05, 4.69) is 4.74 Å². The van der Waals surface area contributed by atoms with Gasteiger partial charge in [-0.1, -0.05) is 12.2 Å². The normalized spacial score (nSPS) is 10.5. The number of hydrogen-bond donors (Lipinski definition) is 1. The summed E-state index contributed by atoms with van der Waals surface area (Å²) in [6.45, 7) is 1.97. The molecule has 0 aliphatic heterocycles. The number of aliphatic hydroxyl groups is 1. The number of allylic oxidation sites excluding steroid dienone is 2. The molecule has 0 spiro atoms. The Kier molecular flexibility index (Phi) is 7.70. The van der Waals surface area contributed by atoms with E-state index in [0.717, 1.165) is 12.8 Å². The monoisotopic (exact) mass is 172 g/mol. The minimum Gasteiger partial charge on any atom is -0.463 e. The van der Waals surface area contributed by atoms with E-state index in [1.807, 2.05) is 19.1 Å². The van der Waals surface area contributed by atoms with Crippen LogP contribution in [-0.4, -0.2) is 24.3 Å². The van der Waals surface area contributed by atoms with Crippen LogP contribution in [0.15, 0.2) is 12.2 Å². The van der Waals surface area contributed by atoms with Crippen LogP contribution in [0.3, 0.4) is 0 Å². The zero-order valence-corrected chi connectivity index (χ0v) is 7.45. The summed E-state index contributed by atoms with van der Waals surface area (Å²) in [5.74, 6) is -0.228. The Hall–Kier alpha value is -0.830. The highest BCUT2D eigenvalue weighted by Crippen LogP contribution is 1.98. The van der Waals surface area contributed by atoms with Crippen molar-refractivity contribution in [3.63, 3.8) is 0 Å². The lowest BCUT2D eigenvalue weighted by molar-refractivity contribution is -0.144. The Bertz CT molecular complexity index is 141. The summed E-state index contributed by atoms with van der Waals surface area (Å²) in [4.78, 5) is 10.8. The fraction of sp³-hybridized carbons (Fsp3) is 0.667. The number of esters is 1. The van der Waals surface area contributed by atoms with Gasteiger partial charge < -0.3 is 9.84 Å². The molecule has 0 rings (SSSR count). The second kappa shape index (κ2) is 8.27. The molecule has 12 heavy (non-hydrogen) atoms. The summed E-state index contributed by atoms with van der Waals surface area (Å²) >= 11 is 0. The number of carbonyl (C=O) groups excluding carboxylic acids is 1. The fourth-order valence-corrected chi connectivity index (χ4v) is 0.763. The molecule has 0 saturated heterocycles. The molecule has 0 amide bonds. The maximum atomic E-state index is 10.8. The van der Waals surface area contributed by atoms with Gasteiger partial charge in [0.15, 0.2) is 0 Å². The summed E-state index contributed by atoms with van der Waals surface area (Å²) < 4.78 is 4.66. The topological polar surface area (TPSA) is 46.5 Å². The van der Waals surface area contributed by atoms with Gasteiger partial charge in [0.2, 0.25) is 0 Å². The first kappa shape index (κ1) is 11.2. The van der Waals surface area contributed by atoms with Crippen LogP contribution >= 0.6 is 0 Å². The zero-order chi connectivity index (χ0) is 9.23. The fourth-order valence-electron chi connectivity index (χ4n) is 0.763. The van der Waals surface area contributed by atoms with Gasteiger partial charge in [-0.05, 0) is 19.8 Å². The molecule has 3 nitrogen and oxygen atoms in total. The second-order valence-electron chi connectivity index (χ2n) is 2.41. The Labute approximate surface area is 73.0 Å². The van der Waals surface area contributed by atoms with Crippen molar-refractivity contribution < 1.29 is 14.6 Å². The standard InChI is InChI=1S/C9H16O3/c1-2-3-4-5-6-9(11)12-8-7-10/h2-3,10H,4-8H2,1H3/b3-2-. The Balaban J connectivity index is 3.19. The third kappa shape index (κ3) is 7.28. The molecule has 0 radical (unpaired) electrons. The SMILES string of the molecule is C/C=C\CCCC(=O)OCCO. The van der Waals surface area contributed by atoms with Crippen molar-refractivity contribution in [3.8, 4) is 0 Å². The second-order valence-corrected chi connectivity index (χ2v) is 2.41. The molecule has 0 unspecified atom stereocenters. The van der Waals surface area contributed by atoms with Gasteiger partial charge in [-0.25, -0.2) is 0 Å². The summed E-state index contributed by atoms with van der Waals surface area (Å²) in [6.07, 6.45) is 6.13. The van der Waals surface area contributed by atoms with E-state index in [0.29, 0.717) is 6.42 Å². The van der Waals surface area contributed by atoms with E-state index >= 15 is 0 Å². The summed E-state index contributed by atoms with van der Waals surface area (Å²) in [7, 11) is 0. The third-order valence-corrected chi connectivity index (χ3v) is 1.34. The van der Waals surface area contributed by atoms with E-state index in [1.165, 1.54) is 0 Å². The van der Waals surface area contributed by atoms with Crippen molar-refractivity contribution >= 4 is 5.97 Å². The van der Waals surface area contributed by atoms with Gasteiger partial charge in [0.25, 0.3) is 0 Å². The molecule has 0 bridgehead atoms. The molecular formula is C9H16O3. The molecule has 0 saturated carbocycles. The largest absolute Gasteiger partial charge is 0.463 e. The van der Waals surface area contributed by atoms with Gasteiger partial charge in [0.1, 0.15) is 6.61 Å². The summed E-state index contributed by atoms with van der Waals surface area (Å²) in [6, 6.07) is 0. The Morgan fingerprint density at radius 2 is 2.33 bits per heavy atom. The number of rotatable bonds is 6. The summed E-state index contributed by atoms with van der Waals surface area (Å²) in [5.41, 5.74) is 0. The van der Waals surface area contributed by atoms with E-state index in [-0.39, 0.29) is 19.2 Å². The minimum absolute atomic E-state index is 0.0966. The number of carbonyl (C=O) groups is 1. The van der Waals surface area contributed by atoms with Crippen molar-refractivity contribution in [2.24, 2.45) is 0 Å². The molecule has 0 aliphatic carbocycles. The van der Waals surface area contributed by atoms with Crippen LogP contribution < -0.4 is 0 Å². The van der Waals surface area contributed by atoms with Crippen molar-refractivity contribution in [2.75, 3.05) is 13.2 Å². The number of aliphatic hydroxyl groups excluding tert-OH is 1. The molecule has 0 aromatic heterocycles. The van der Waals surface area contributed by atoms with Crippen LogP contribution in [0.1, 0.15) is 26.2 Å². The first-order valence-electron chi connectivity index (χ1n) is 4.19. The number of unbranched alkanes of at least 4 members (excludes halogenated alkanes) is 1. The van der Waals surface area contributed by atoms with Gasteiger partial charge in [0.05, 0.1) is 6.61 Å². The van der Waals surface area contributed by atoms with Crippen LogP contribution in [0.25, 0.3) is 0 Å². The van der Waals surface area contributed by atoms with Crippen molar-refractivity contribution in [3.05, 3.63) is 12.2 Å². The average molecular weight is 172 g/mol. The first-order valence-corrected chi connectivity index (χ1v) is 4.19. The molecule has 3 heteroatoms. The maximum Gasteiger partial charge on any atom is 0.305 e. The molecule has 0 fully saturated rings. The highest BCUT2D eigenvalue weighted by atomic mass is 16.5. The highest BCUT2D eigenvalue weighted by Gasteiger charge is 1.99. The number of hydrogen-bond acceptors (Lipinski definition) is 3.